The molecule has 0 saturated carbocycles. The SMILES string of the molecule is CCCCC(CC)C(=O)NCc1cccc(CNC(=O)C(CC)CCCC)c1. The van der Waals surface area contributed by atoms with Crippen LogP contribution in [0.15, 0.2) is 24.3 Å². The number of amides is 2. The Morgan fingerprint density at radius 2 is 1.21 bits per heavy atom. The molecule has 0 aliphatic rings. The molecule has 0 aromatic heterocycles. The number of hydrogen-bond donors (Lipinski definition) is 2. The molecule has 0 saturated heterocycles. The molecule has 2 amide bonds. The average Bonchev–Trinajstić information content (AvgIpc) is 2.72. The maximum atomic E-state index is 12.4. The van der Waals surface area contributed by atoms with Crippen molar-refractivity contribution in [2.45, 2.75) is 92.2 Å². The summed E-state index contributed by atoms with van der Waals surface area (Å²) in [5.41, 5.74) is 2.15. The van der Waals surface area contributed by atoms with Gasteiger partial charge < -0.3 is 10.6 Å². The fourth-order valence-electron chi connectivity index (χ4n) is 3.46. The Morgan fingerprint density at radius 3 is 1.57 bits per heavy atom. The summed E-state index contributed by atoms with van der Waals surface area (Å²) in [5.74, 6) is 0.515. The van der Waals surface area contributed by atoms with Gasteiger partial charge in [0, 0.05) is 24.9 Å². The molecule has 4 nitrogen and oxygen atoms in total. The Bertz CT molecular complexity index is 538. The van der Waals surface area contributed by atoms with E-state index in [-0.39, 0.29) is 23.7 Å². The monoisotopic (exact) mass is 388 g/mol. The van der Waals surface area contributed by atoms with E-state index in [0.717, 1.165) is 62.5 Å². The van der Waals surface area contributed by atoms with E-state index in [9.17, 15) is 9.59 Å². The van der Waals surface area contributed by atoms with Crippen LogP contribution in [-0.4, -0.2) is 11.8 Å². The normalized spacial score (nSPS) is 13.0. The van der Waals surface area contributed by atoms with Gasteiger partial charge in [-0.05, 0) is 36.8 Å². The fraction of sp³-hybridized carbons (Fsp3) is 0.667. The van der Waals surface area contributed by atoms with E-state index in [0.29, 0.717) is 13.1 Å². The van der Waals surface area contributed by atoms with Gasteiger partial charge in [-0.15, -0.1) is 0 Å². The van der Waals surface area contributed by atoms with Gasteiger partial charge in [-0.2, -0.15) is 0 Å². The molecule has 28 heavy (non-hydrogen) atoms. The highest BCUT2D eigenvalue weighted by molar-refractivity contribution is 5.79. The lowest BCUT2D eigenvalue weighted by molar-refractivity contribution is -0.126. The van der Waals surface area contributed by atoms with Crippen LogP contribution in [0.4, 0.5) is 0 Å². The van der Waals surface area contributed by atoms with E-state index in [1.165, 1.54) is 0 Å². The molecule has 0 fully saturated rings. The number of carbonyl (C=O) groups is 2. The molecular formula is C24H40N2O2. The Balaban J connectivity index is 2.52. The van der Waals surface area contributed by atoms with Crippen LogP contribution in [0.25, 0.3) is 0 Å². The molecule has 0 radical (unpaired) electrons. The zero-order chi connectivity index (χ0) is 20.8. The smallest absolute Gasteiger partial charge is 0.223 e. The Labute approximate surface area is 171 Å². The Kier molecular flexibility index (Phi) is 12.3. The zero-order valence-corrected chi connectivity index (χ0v) is 18.4. The van der Waals surface area contributed by atoms with Gasteiger partial charge >= 0.3 is 0 Å². The molecule has 2 atom stereocenters. The van der Waals surface area contributed by atoms with Crippen molar-refractivity contribution in [1.82, 2.24) is 10.6 Å². The second-order valence-corrected chi connectivity index (χ2v) is 7.75. The van der Waals surface area contributed by atoms with E-state index in [4.69, 9.17) is 0 Å². The van der Waals surface area contributed by atoms with Crippen LogP contribution in [0, 0.1) is 11.8 Å². The zero-order valence-electron chi connectivity index (χ0n) is 18.4. The fourth-order valence-corrected chi connectivity index (χ4v) is 3.46. The molecule has 0 aliphatic carbocycles. The van der Waals surface area contributed by atoms with Crippen LogP contribution in [0.2, 0.25) is 0 Å². The first-order valence-corrected chi connectivity index (χ1v) is 11.2. The summed E-state index contributed by atoms with van der Waals surface area (Å²) in [6.07, 6.45) is 8.12. The summed E-state index contributed by atoms with van der Waals surface area (Å²) in [7, 11) is 0. The summed E-state index contributed by atoms with van der Waals surface area (Å²) < 4.78 is 0. The summed E-state index contributed by atoms with van der Waals surface area (Å²) >= 11 is 0. The van der Waals surface area contributed by atoms with Crippen molar-refractivity contribution in [3.8, 4) is 0 Å². The van der Waals surface area contributed by atoms with Gasteiger partial charge in [0.2, 0.25) is 11.8 Å². The van der Waals surface area contributed by atoms with Crippen molar-refractivity contribution in [1.29, 1.82) is 0 Å². The topological polar surface area (TPSA) is 58.2 Å². The second kappa shape index (κ2) is 14.2. The highest BCUT2D eigenvalue weighted by atomic mass is 16.2. The Hall–Kier alpha value is -1.84. The minimum Gasteiger partial charge on any atom is -0.352 e. The van der Waals surface area contributed by atoms with Gasteiger partial charge in [0.05, 0.1) is 0 Å². The molecule has 1 aromatic carbocycles. The second-order valence-electron chi connectivity index (χ2n) is 7.75. The largest absolute Gasteiger partial charge is 0.352 e. The standard InChI is InChI=1S/C24H40N2O2/c1-5-9-14-21(7-3)23(27)25-17-19-12-11-13-20(16-19)18-26-24(28)22(8-4)15-10-6-2/h11-13,16,21-22H,5-10,14-15,17-18H2,1-4H3,(H,25,27)(H,26,28). The van der Waals surface area contributed by atoms with Crippen molar-refractivity contribution >= 4 is 11.8 Å². The van der Waals surface area contributed by atoms with Gasteiger partial charge in [-0.1, -0.05) is 77.6 Å². The van der Waals surface area contributed by atoms with Crippen LogP contribution in [0.3, 0.4) is 0 Å². The third-order valence-corrected chi connectivity index (χ3v) is 5.46. The summed E-state index contributed by atoms with van der Waals surface area (Å²) in [6.45, 7) is 9.54. The average molecular weight is 389 g/mol. The number of benzene rings is 1. The van der Waals surface area contributed by atoms with E-state index < -0.39 is 0 Å². The van der Waals surface area contributed by atoms with Crippen LogP contribution < -0.4 is 10.6 Å². The first kappa shape index (κ1) is 24.2. The minimum absolute atomic E-state index is 0.108. The van der Waals surface area contributed by atoms with Crippen molar-refractivity contribution < 1.29 is 9.59 Å². The lowest BCUT2D eigenvalue weighted by Crippen LogP contribution is -2.30. The van der Waals surface area contributed by atoms with Crippen molar-refractivity contribution in [3.05, 3.63) is 35.4 Å². The van der Waals surface area contributed by atoms with E-state index in [2.05, 4.69) is 44.4 Å². The molecule has 0 spiro atoms. The number of nitrogens with one attached hydrogen (secondary N) is 2. The first-order valence-electron chi connectivity index (χ1n) is 11.2. The molecule has 1 rings (SSSR count). The Morgan fingerprint density at radius 1 is 0.786 bits per heavy atom. The summed E-state index contributed by atoms with van der Waals surface area (Å²) in [6, 6.07) is 8.11. The number of hydrogen-bond acceptors (Lipinski definition) is 2. The van der Waals surface area contributed by atoms with E-state index >= 15 is 0 Å². The van der Waals surface area contributed by atoms with Gasteiger partial charge in [0.15, 0.2) is 0 Å². The van der Waals surface area contributed by atoms with Gasteiger partial charge in [0.25, 0.3) is 0 Å². The van der Waals surface area contributed by atoms with Crippen molar-refractivity contribution in [3.63, 3.8) is 0 Å². The van der Waals surface area contributed by atoms with Gasteiger partial charge in [-0.3, -0.25) is 9.59 Å². The van der Waals surface area contributed by atoms with Crippen LogP contribution in [0.5, 0.6) is 0 Å². The predicted octanol–water partition coefficient (Wildman–Crippen LogP) is 5.35. The van der Waals surface area contributed by atoms with Crippen molar-refractivity contribution in [2.75, 3.05) is 0 Å². The van der Waals surface area contributed by atoms with E-state index in [1.807, 2.05) is 18.2 Å². The number of rotatable bonds is 14. The molecular weight excluding hydrogens is 348 g/mol. The maximum absolute atomic E-state index is 12.4. The quantitative estimate of drug-likeness (QED) is 0.451. The molecule has 1 aromatic rings. The predicted molar refractivity (Wildman–Crippen MR) is 117 cm³/mol. The lowest BCUT2D eigenvalue weighted by Gasteiger charge is -2.16. The summed E-state index contributed by atoms with van der Waals surface area (Å²) in [5, 5.41) is 6.15. The molecule has 2 unspecified atom stereocenters. The number of unbranched alkanes of at least 4 members (excludes halogenated alkanes) is 2. The molecule has 0 aliphatic heterocycles. The number of carbonyl (C=O) groups excluding carboxylic acids is 2. The van der Waals surface area contributed by atoms with Gasteiger partial charge in [-0.25, -0.2) is 0 Å². The van der Waals surface area contributed by atoms with Crippen LogP contribution in [-0.2, 0) is 22.7 Å². The third kappa shape index (κ3) is 8.90. The van der Waals surface area contributed by atoms with Gasteiger partial charge in [0.1, 0.15) is 0 Å². The van der Waals surface area contributed by atoms with Crippen LogP contribution >= 0.6 is 0 Å². The highest BCUT2D eigenvalue weighted by Gasteiger charge is 2.16. The van der Waals surface area contributed by atoms with Crippen LogP contribution in [0.1, 0.15) is 90.2 Å². The van der Waals surface area contributed by atoms with E-state index in [1.54, 1.807) is 0 Å². The lowest BCUT2D eigenvalue weighted by atomic mass is 9.98. The summed E-state index contributed by atoms with van der Waals surface area (Å²) in [4.78, 5) is 24.8. The molecule has 2 N–H and O–H groups in total. The first-order chi connectivity index (χ1) is 13.5. The van der Waals surface area contributed by atoms with Crippen molar-refractivity contribution in [2.24, 2.45) is 11.8 Å². The maximum Gasteiger partial charge on any atom is 0.223 e. The third-order valence-electron chi connectivity index (χ3n) is 5.46. The molecule has 0 heterocycles. The minimum atomic E-state index is 0.108. The molecule has 158 valence electrons. The highest BCUT2D eigenvalue weighted by Crippen LogP contribution is 2.14. The molecule has 0 bridgehead atoms. The molecule has 4 heteroatoms.